The maximum atomic E-state index is 11.8. The third-order valence-electron chi connectivity index (χ3n) is 2.08. The van der Waals surface area contributed by atoms with Gasteiger partial charge in [-0.25, -0.2) is 0 Å². The van der Waals surface area contributed by atoms with Crippen LogP contribution in [0.15, 0.2) is 29.6 Å². The topological polar surface area (TPSA) is 29.5 Å². The number of benzene rings is 1. The van der Waals surface area contributed by atoms with Gasteiger partial charge in [0.25, 0.3) is 5.91 Å². The zero-order valence-corrected chi connectivity index (χ0v) is 9.34. The van der Waals surface area contributed by atoms with Crippen molar-refractivity contribution in [2.24, 2.45) is 0 Å². The molecule has 1 aliphatic heterocycles. The molecule has 1 aliphatic rings. The van der Waals surface area contributed by atoms with Gasteiger partial charge in [0.05, 0.1) is 5.56 Å². The molecule has 1 aromatic rings. The first-order chi connectivity index (χ1) is 7.09. The Bertz CT molecular complexity index is 457. The van der Waals surface area contributed by atoms with Gasteiger partial charge in [-0.2, -0.15) is 0 Å². The highest BCUT2D eigenvalue weighted by molar-refractivity contribution is 6.31. The Morgan fingerprint density at radius 2 is 2.07 bits per heavy atom. The van der Waals surface area contributed by atoms with Crippen molar-refractivity contribution >= 4 is 29.1 Å². The third-order valence-corrected chi connectivity index (χ3v) is 2.66. The Kier molecular flexibility index (Phi) is 2.59. The van der Waals surface area contributed by atoms with E-state index in [2.05, 4.69) is 0 Å². The van der Waals surface area contributed by atoms with Gasteiger partial charge in [-0.3, -0.25) is 9.69 Å². The van der Waals surface area contributed by atoms with Crippen LogP contribution in [0.25, 0.3) is 0 Å². The number of hydrogen-bond acceptors (Lipinski definition) is 2. The highest BCUT2D eigenvalue weighted by Crippen LogP contribution is 2.28. The maximum Gasteiger partial charge on any atom is 0.262 e. The Labute approximate surface area is 96.8 Å². The molecule has 3 nitrogen and oxygen atoms in total. The Morgan fingerprint density at radius 1 is 1.33 bits per heavy atom. The number of nitrogens with zero attached hydrogens (tertiary/aromatic N) is 1. The second-order valence-corrected chi connectivity index (χ2v) is 3.89. The van der Waals surface area contributed by atoms with Gasteiger partial charge in [-0.15, -0.1) is 0 Å². The lowest BCUT2D eigenvalue weighted by atomic mass is 10.2. The quantitative estimate of drug-likeness (QED) is 0.656. The van der Waals surface area contributed by atoms with Crippen molar-refractivity contribution in [3.05, 3.63) is 40.2 Å². The number of rotatable bonds is 0. The predicted octanol–water partition coefficient (Wildman–Crippen LogP) is 2.84. The van der Waals surface area contributed by atoms with Crippen LogP contribution in [0.3, 0.4) is 0 Å². The molecule has 0 spiro atoms. The van der Waals surface area contributed by atoms with Gasteiger partial charge < -0.3 is 4.74 Å². The number of ether oxygens (including phenoxy) is 1. The number of carbonyl (C=O) groups excluding carboxylic acids is 1. The van der Waals surface area contributed by atoms with Crippen LogP contribution < -0.4 is 4.74 Å². The van der Waals surface area contributed by atoms with E-state index in [0.717, 1.165) is 0 Å². The molecule has 2 rings (SSSR count). The van der Waals surface area contributed by atoms with Crippen LogP contribution in [0.2, 0.25) is 5.02 Å². The molecule has 0 saturated carbocycles. The molecule has 0 unspecified atom stereocenters. The van der Waals surface area contributed by atoms with Crippen LogP contribution in [-0.4, -0.2) is 17.9 Å². The Balaban J connectivity index is 2.55. The zero-order valence-electron chi connectivity index (χ0n) is 7.83. The summed E-state index contributed by atoms with van der Waals surface area (Å²) in [5.74, 6) is 0.190. The lowest BCUT2D eigenvalue weighted by Gasteiger charge is -2.12. The first kappa shape index (κ1) is 10.3. The molecule has 0 atom stereocenters. The van der Waals surface area contributed by atoms with Gasteiger partial charge in [0, 0.05) is 18.1 Å². The van der Waals surface area contributed by atoms with Crippen LogP contribution in [0.4, 0.5) is 0 Å². The smallest absolute Gasteiger partial charge is 0.262 e. The third kappa shape index (κ3) is 1.80. The van der Waals surface area contributed by atoms with Crippen LogP contribution in [0, 0.1) is 0 Å². The van der Waals surface area contributed by atoms with Gasteiger partial charge >= 0.3 is 0 Å². The summed E-state index contributed by atoms with van der Waals surface area (Å²) in [6, 6.07) is 4.82. The van der Waals surface area contributed by atoms with E-state index >= 15 is 0 Å². The van der Waals surface area contributed by atoms with Gasteiger partial charge in [0.2, 0.25) is 0 Å². The molecule has 0 saturated heterocycles. The fraction of sp³-hybridized carbons (Fsp3) is 0.100. The maximum absolute atomic E-state index is 11.8. The van der Waals surface area contributed by atoms with Crippen LogP contribution >= 0.6 is 23.2 Å². The molecule has 1 heterocycles. The fourth-order valence-corrected chi connectivity index (χ4v) is 1.52. The zero-order chi connectivity index (χ0) is 11.0. The minimum absolute atomic E-state index is 0.222. The van der Waals surface area contributed by atoms with Crippen LogP contribution in [0.1, 0.15) is 10.4 Å². The molecule has 78 valence electrons. The van der Waals surface area contributed by atoms with Crippen molar-refractivity contribution in [1.29, 1.82) is 0 Å². The number of carbonyl (C=O) groups is 1. The van der Waals surface area contributed by atoms with Gasteiger partial charge in [-0.05, 0) is 12.1 Å². The van der Waals surface area contributed by atoms with E-state index in [1.807, 2.05) is 0 Å². The summed E-state index contributed by atoms with van der Waals surface area (Å²) in [4.78, 5) is 13.1. The van der Waals surface area contributed by atoms with E-state index in [0.29, 0.717) is 16.3 Å². The number of fused-ring (bicyclic) bond motifs is 1. The van der Waals surface area contributed by atoms with Gasteiger partial charge in [-0.1, -0.05) is 23.2 Å². The van der Waals surface area contributed by atoms with Crippen molar-refractivity contribution in [2.45, 2.75) is 0 Å². The van der Waals surface area contributed by atoms with Crippen molar-refractivity contribution < 1.29 is 9.53 Å². The molecule has 0 aromatic heterocycles. The summed E-state index contributed by atoms with van der Waals surface area (Å²) in [5.41, 5.74) is 0.439. The summed E-state index contributed by atoms with van der Waals surface area (Å²) < 4.78 is 5.24. The number of hydrogen-bond donors (Lipinski definition) is 0. The standard InChI is InChI=1S/C10H7Cl2NO2/c1-13-9(12)5-15-8-4-6(11)2-3-7(8)10(13)14/h2-5H,1H3. The summed E-state index contributed by atoms with van der Waals surface area (Å²) in [6.07, 6.45) is 1.31. The summed E-state index contributed by atoms with van der Waals surface area (Å²) in [5, 5.41) is 0.739. The lowest BCUT2D eigenvalue weighted by molar-refractivity contribution is 0.0846. The van der Waals surface area contributed by atoms with E-state index < -0.39 is 0 Å². The summed E-state index contributed by atoms with van der Waals surface area (Å²) >= 11 is 11.6. The van der Waals surface area contributed by atoms with Gasteiger partial charge in [0.15, 0.2) is 0 Å². The Morgan fingerprint density at radius 3 is 2.80 bits per heavy atom. The van der Waals surface area contributed by atoms with E-state index in [4.69, 9.17) is 27.9 Å². The van der Waals surface area contributed by atoms with E-state index in [1.54, 1.807) is 25.2 Å². The average Bonchev–Trinajstić information content (AvgIpc) is 2.32. The molecular formula is C10H7Cl2NO2. The Hall–Kier alpha value is -1.19. The fourth-order valence-electron chi connectivity index (χ4n) is 1.24. The lowest BCUT2D eigenvalue weighted by Crippen LogP contribution is -2.22. The molecule has 5 heteroatoms. The molecule has 0 fully saturated rings. The molecule has 1 aromatic carbocycles. The normalized spacial score (nSPS) is 15.3. The highest BCUT2D eigenvalue weighted by Gasteiger charge is 2.22. The number of amides is 1. The summed E-state index contributed by atoms with van der Waals surface area (Å²) in [7, 11) is 1.58. The van der Waals surface area contributed by atoms with E-state index in [1.165, 1.54) is 11.2 Å². The van der Waals surface area contributed by atoms with Crippen molar-refractivity contribution in [2.75, 3.05) is 7.05 Å². The van der Waals surface area contributed by atoms with Gasteiger partial charge in [0.1, 0.15) is 17.2 Å². The second-order valence-electron chi connectivity index (χ2n) is 3.06. The molecule has 1 amide bonds. The average molecular weight is 244 g/mol. The minimum atomic E-state index is -0.222. The van der Waals surface area contributed by atoms with Crippen molar-refractivity contribution in [3.63, 3.8) is 0 Å². The largest absolute Gasteiger partial charge is 0.461 e. The SMILES string of the molecule is CN1C(=O)c2ccc(Cl)cc2OC=C1Cl. The summed E-state index contributed by atoms with van der Waals surface area (Å²) in [6.45, 7) is 0. The first-order valence-electron chi connectivity index (χ1n) is 4.19. The van der Waals surface area contributed by atoms with Crippen LogP contribution in [0.5, 0.6) is 5.75 Å². The first-order valence-corrected chi connectivity index (χ1v) is 4.95. The highest BCUT2D eigenvalue weighted by atomic mass is 35.5. The minimum Gasteiger partial charge on any atom is -0.461 e. The molecule has 0 bridgehead atoms. The van der Waals surface area contributed by atoms with Crippen LogP contribution in [-0.2, 0) is 0 Å². The molecule has 0 aliphatic carbocycles. The van der Waals surface area contributed by atoms with E-state index in [9.17, 15) is 4.79 Å². The molecule has 0 N–H and O–H groups in total. The van der Waals surface area contributed by atoms with Crippen molar-refractivity contribution in [1.82, 2.24) is 4.90 Å². The van der Waals surface area contributed by atoms with E-state index in [-0.39, 0.29) is 11.1 Å². The molecule has 0 radical (unpaired) electrons. The molecular weight excluding hydrogens is 237 g/mol. The predicted molar refractivity (Wildman–Crippen MR) is 58.1 cm³/mol. The second kappa shape index (κ2) is 3.76. The van der Waals surface area contributed by atoms with Crippen molar-refractivity contribution in [3.8, 4) is 5.75 Å². The monoisotopic (exact) mass is 243 g/mol. The molecule has 15 heavy (non-hydrogen) atoms. The number of halogens is 2.